The Morgan fingerprint density at radius 2 is 1.77 bits per heavy atom. The van der Waals surface area contributed by atoms with E-state index in [-0.39, 0.29) is 31.2 Å². The molecule has 1 aliphatic carbocycles. The standard InChI is InChI=1S/C22H41FN4O3/c1-17(2)30-21-11-12-25(15-19(21)23)22(29)20-16-26(13-14-28)24-27(20)18-9-7-5-3-4-6-8-10-18/h17-21,24,28H,3-16H2,1-2H3/t19-,20?,21+/m1/s1. The molecule has 0 aromatic carbocycles. The first-order valence-corrected chi connectivity index (χ1v) is 12.0. The highest BCUT2D eigenvalue weighted by molar-refractivity contribution is 5.82. The fourth-order valence-corrected chi connectivity index (χ4v) is 5.05. The number of halogens is 1. The minimum atomic E-state index is -1.15. The maximum absolute atomic E-state index is 14.7. The molecule has 2 aliphatic heterocycles. The number of hydrazine groups is 2. The van der Waals surface area contributed by atoms with Gasteiger partial charge in [0.15, 0.2) is 0 Å². The van der Waals surface area contributed by atoms with E-state index < -0.39 is 12.3 Å². The molecule has 1 unspecified atom stereocenters. The van der Waals surface area contributed by atoms with Crippen molar-refractivity contribution in [1.82, 2.24) is 20.5 Å². The average Bonchev–Trinajstić information content (AvgIpc) is 3.17. The number of hydrogen-bond acceptors (Lipinski definition) is 6. The van der Waals surface area contributed by atoms with Crippen molar-refractivity contribution < 1.29 is 19.0 Å². The lowest BCUT2D eigenvalue weighted by atomic mass is 10.0. The molecule has 7 nitrogen and oxygen atoms in total. The summed E-state index contributed by atoms with van der Waals surface area (Å²) < 4.78 is 20.4. The van der Waals surface area contributed by atoms with Crippen molar-refractivity contribution in [2.24, 2.45) is 0 Å². The summed E-state index contributed by atoms with van der Waals surface area (Å²) in [6, 6.07) is -0.0409. The second-order valence-electron chi connectivity index (χ2n) is 9.36. The first kappa shape index (κ1) is 23.9. The molecular formula is C22H41FN4O3. The number of alkyl halides is 1. The molecule has 2 heterocycles. The van der Waals surface area contributed by atoms with Crippen LogP contribution in [-0.4, -0.2) is 89.2 Å². The predicted molar refractivity (Wildman–Crippen MR) is 114 cm³/mol. The molecule has 3 rings (SSSR count). The Kier molecular flexibility index (Phi) is 9.32. The number of hydrogen-bond donors (Lipinski definition) is 2. The second kappa shape index (κ2) is 11.7. The van der Waals surface area contributed by atoms with Gasteiger partial charge in [0.05, 0.1) is 25.4 Å². The Balaban J connectivity index is 1.66. The molecule has 1 amide bonds. The molecule has 174 valence electrons. The van der Waals surface area contributed by atoms with Crippen molar-refractivity contribution in [3.05, 3.63) is 0 Å². The SMILES string of the molecule is CC(C)O[C@H]1CCN(C(=O)C2CN(CCO)NN2C2CCCCCCCC2)C[C@H]1F. The number of carbonyl (C=O) groups excluding carboxylic acids is 1. The summed E-state index contributed by atoms with van der Waals surface area (Å²) in [5.74, 6) is -0.00606. The number of amides is 1. The number of aliphatic hydroxyl groups excluding tert-OH is 1. The first-order chi connectivity index (χ1) is 14.5. The van der Waals surface area contributed by atoms with Crippen LogP contribution in [0.2, 0.25) is 0 Å². The number of aliphatic hydroxyl groups is 1. The number of piperidine rings is 1. The summed E-state index contributed by atoms with van der Waals surface area (Å²) in [5, 5.41) is 13.4. The number of likely N-dealkylation sites (tertiary alicyclic amines) is 1. The molecular weight excluding hydrogens is 387 g/mol. The summed E-state index contributed by atoms with van der Waals surface area (Å²) in [6.45, 7) is 5.50. The molecule has 0 aromatic heterocycles. The van der Waals surface area contributed by atoms with E-state index in [0.717, 1.165) is 12.8 Å². The summed E-state index contributed by atoms with van der Waals surface area (Å²) in [7, 11) is 0. The third kappa shape index (κ3) is 6.36. The molecule has 0 aromatic rings. The summed E-state index contributed by atoms with van der Waals surface area (Å²) in [6.07, 6.45) is 8.53. The molecule has 8 heteroatoms. The van der Waals surface area contributed by atoms with Crippen LogP contribution in [0.15, 0.2) is 0 Å². The van der Waals surface area contributed by atoms with E-state index in [1.54, 1.807) is 4.90 Å². The van der Waals surface area contributed by atoms with Crippen LogP contribution in [0.4, 0.5) is 4.39 Å². The number of nitrogens with one attached hydrogen (secondary N) is 1. The first-order valence-electron chi connectivity index (χ1n) is 12.0. The summed E-state index contributed by atoms with van der Waals surface area (Å²) in [4.78, 5) is 15.1. The van der Waals surface area contributed by atoms with E-state index in [9.17, 15) is 14.3 Å². The predicted octanol–water partition coefficient (Wildman–Crippen LogP) is 2.25. The van der Waals surface area contributed by atoms with Crippen LogP contribution in [0.3, 0.4) is 0 Å². The normalized spacial score (nSPS) is 31.0. The number of carbonyl (C=O) groups is 1. The van der Waals surface area contributed by atoms with Crippen LogP contribution < -0.4 is 5.53 Å². The van der Waals surface area contributed by atoms with Crippen molar-refractivity contribution in [3.8, 4) is 0 Å². The molecule has 3 fully saturated rings. The molecule has 3 aliphatic rings. The average molecular weight is 429 g/mol. The molecule has 0 radical (unpaired) electrons. The van der Waals surface area contributed by atoms with Gasteiger partial charge in [0.25, 0.3) is 0 Å². The van der Waals surface area contributed by atoms with E-state index in [4.69, 9.17) is 4.74 Å². The summed E-state index contributed by atoms with van der Waals surface area (Å²) >= 11 is 0. The molecule has 2 saturated heterocycles. The topological polar surface area (TPSA) is 68.3 Å². The molecule has 3 atom stereocenters. The fraction of sp³-hybridized carbons (Fsp3) is 0.955. The van der Waals surface area contributed by atoms with Crippen molar-refractivity contribution in [2.75, 3.05) is 32.8 Å². The zero-order chi connectivity index (χ0) is 21.5. The fourth-order valence-electron chi connectivity index (χ4n) is 5.05. The van der Waals surface area contributed by atoms with Gasteiger partial charge in [-0.15, -0.1) is 0 Å². The smallest absolute Gasteiger partial charge is 0.242 e. The highest BCUT2D eigenvalue weighted by Crippen LogP contribution is 2.26. The third-order valence-corrected chi connectivity index (χ3v) is 6.60. The maximum Gasteiger partial charge on any atom is 0.242 e. The largest absolute Gasteiger partial charge is 0.395 e. The van der Waals surface area contributed by atoms with Crippen molar-refractivity contribution in [1.29, 1.82) is 0 Å². The number of nitrogens with zero attached hydrogens (tertiary/aromatic N) is 3. The van der Waals surface area contributed by atoms with Gasteiger partial charge in [-0.3, -0.25) is 4.79 Å². The number of β-amino-alcohol motifs (C(OH)–C–C–N with tert-alkyl or cyclic N) is 1. The van der Waals surface area contributed by atoms with Gasteiger partial charge in [0.1, 0.15) is 12.2 Å². The molecule has 30 heavy (non-hydrogen) atoms. The van der Waals surface area contributed by atoms with Crippen LogP contribution in [0.1, 0.15) is 71.6 Å². The van der Waals surface area contributed by atoms with E-state index in [2.05, 4.69) is 10.5 Å². The lowest BCUT2D eigenvalue weighted by Crippen LogP contribution is -2.57. The highest BCUT2D eigenvalue weighted by Gasteiger charge is 2.43. The van der Waals surface area contributed by atoms with Gasteiger partial charge in [-0.25, -0.2) is 14.4 Å². The van der Waals surface area contributed by atoms with E-state index in [1.807, 2.05) is 18.9 Å². The molecule has 0 spiro atoms. The zero-order valence-electron chi connectivity index (χ0n) is 18.8. The van der Waals surface area contributed by atoms with Crippen LogP contribution in [0.5, 0.6) is 0 Å². The van der Waals surface area contributed by atoms with Crippen molar-refractivity contribution >= 4 is 5.91 Å². The van der Waals surface area contributed by atoms with E-state index in [0.29, 0.717) is 32.1 Å². The van der Waals surface area contributed by atoms with Crippen LogP contribution in [0, 0.1) is 0 Å². The Morgan fingerprint density at radius 3 is 2.37 bits per heavy atom. The van der Waals surface area contributed by atoms with Crippen LogP contribution >= 0.6 is 0 Å². The second-order valence-corrected chi connectivity index (χ2v) is 9.36. The molecule has 1 saturated carbocycles. The maximum atomic E-state index is 14.7. The monoisotopic (exact) mass is 428 g/mol. The minimum absolute atomic E-state index is 0.00606. The third-order valence-electron chi connectivity index (χ3n) is 6.60. The Bertz CT molecular complexity index is 529. The van der Waals surface area contributed by atoms with Gasteiger partial charge in [-0.2, -0.15) is 5.53 Å². The van der Waals surface area contributed by atoms with E-state index in [1.165, 1.54) is 38.5 Å². The zero-order valence-corrected chi connectivity index (χ0v) is 18.8. The van der Waals surface area contributed by atoms with Crippen molar-refractivity contribution in [3.63, 3.8) is 0 Å². The number of rotatable bonds is 6. The Labute approximate surface area is 180 Å². The van der Waals surface area contributed by atoms with Gasteiger partial charge in [0.2, 0.25) is 5.91 Å². The lowest BCUT2D eigenvalue weighted by molar-refractivity contribution is -0.144. The summed E-state index contributed by atoms with van der Waals surface area (Å²) in [5.41, 5.74) is 3.39. The van der Waals surface area contributed by atoms with Gasteiger partial charge < -0.3 is 14.7 Å². The van der Waals surface area contributed by atoms with Gasteiger partial charge >= 0.3 is 0 Å². The minimum Gasteiger partial charge on any atom is -0.395 e. The Hall–Kier alpha value is -0.800. The van der Waals surface area contributed by atoms with Gasteiger partial charge in [0, 0.05) is 25.7 Å². The van der Waals surface area contributed by atoms with Gasteiger partial charge in [-0.1, -0.05) is 38.5 Å². The molecule has 2 N–H and O–H groups in total. The van der Waals surface area contributed by atoms with Crippen molar-refractivity contribution in [2.45, 2.75) is 102 Å². The van der Waals surface area contributed by atoms with Crippen LogP contribution in [0.25, 0.3) is 0 Å². The Morgan fingerprint density at radius 1 is 1.10 bits per heavy atom. The van der Waals surface area contributed by atoms with Gasteiger partial charge in [-0.05, 0) is 33.1 Å². The van der Waals surface area contributed by atoms with Crippen LogP contribution in [-0.2, 0) is 9.53 Å². The quantitative estimate of drug-likeness (QED) is 0.676. The van der Waals surface area contributed by atoms with E-state index >= 15 is 0 Å². The molecule has 0 bridgehead atoms. The number of ether oxygens (including phenoxy) is 1. The highest BCUT2D eigenvalue weighted by atomic mass is 19.1. The lowest BCUT2D eigenvalue weighted by Gasteiger charge is -2.38.